The molecule has 0 spiro atoms. The zero-order chi connectivity index (χ0) is 13.7. The highest BCUT2D eigenvalue weighted by Crippen LogP contribution is 2.37. The lowest BCUT2D eigenvalue weighted by Gasteiger charge is -2.11. The van der Waals surface area contributed by atoms with Gasteiger partial charge in [-0.1, -0.05) is 0 Å². The van der Waals surface area contributed by atoms with E-state index in [1.165, 1.54) is 0 Å². The molecule has 19 heavy (non-hydrogen) atoms. The van der Waals surface area contributed by atoms with Crippen LogP contribution in [0.25, 0.3) is 22.3 Å². The van der Waals surface area contributed by atoms with Crippen LogP contribution in [0, 0.1) is 10.7 Å². The summed E-state index contributed by atoms with van der Waals surface area (Å²) < 4.78 is 7.84. The molecule has 0 bridgehead atoms. The van der Waals surface area contributed by atoms with Crippen molar-refractivity contribution in [1.29, 1.82) is 0 Å². The molecule has 0 amide bonds. The van der Waals surface area contributed by atoms with E-state index in [1.807, 2.05) is 34.7 Å². The van der Waals surface area contributed by atoms with Gasteiger partial charge in [0.05, 0.1) is 7.14 Å². The van der Waals surface area contributed by atoms with Gasteiger partial charge in [0, 0.05) is 10.9 Å². The van der Waals surface area contributed by atoms with Crippen LogP contribution in [0.2, 0.25) is 0 Å². The van der Waals surface area contributed by atoms with E-state index in [9.17, 15) is 9.90 Å². The molecule has 1 aliphatic carbocycles. The van der Waals surface area contributed by atoms with E-state index in [4.69, 9.17) is 4.42 Å². The minimum Gasteiger partial charge on any atom is -0.506 e. The molecule has 2 aliphatic rings. The van der Waals surface area contributed by atoms with Crippen LogP contribution in [-0.2, 0) is 0 Å². The molecule has 0 aromatic heterocycles. The first-order valence-electron chi connectivity index (χ1n) is 5.22. The maximum Gasteiger partial charge on any atom is 0.195 e. The number of hydrogen-bond acceptors (Lipinski definition) is 3. The van der Waals surface area contributed by atoms with Gasteiger partial charge in [0.1, 0.15) is 9.32 Å². The fourth-order valence-corrected chi connectivity index (χ4v) is 4.29. The van der Waals surface area contributed by atoms with Crippen molar-refractivity contribution in [2.75, 3.05) is 0 Å². The minimum absolute atomic E-state index is 0.0547. The molecule has 0 radical (unpaired) electrons. The summed E-state index contributed by atoms with van der Waals surface area (Å²) in [6, 6.07) is 7.14. The number of aromatic hydroxyl groups is 1. The van der Waals surface area contributed by atoms with Crippen LogP contribution in [0.5, 0.6) is 5.75 Å². The van der Waals surface area contributed by atoms with Crippen molar-refractivity contribution >= 4 is 78.7 Å². The molecule has 1 aromatic rings. The van der Waals surface area contributed by atoms with Gasteiger partial charge >= 0.3 is 0 Å². The molecule has 1 aliphatic heterocycles. The summed E-state index contributed by atoms with van der Waals surface area (Å²) in [7, 11) is 0. The van der Waals surface area contributed by atoms with Crippen molar-refractivity contribution in [3.05, 3.63) is 45.2 Å². The highest BCUT2D eigenvalue weighted by molar-refractivity contribution is 14.1. The molecule has 0 saturated heterocycles. The smallest absolute Gasteiger partial charge is 0.195 e. The van der Waals surface area contributed by atoms with E-state index in [0.29, 0.717) is 18.5 Å². The third-order valence-corrected chi connectivity index (χ3v) is 5.63. The topological polar surface area (TPSA) is 50.4 Å². The van der Waals surface area contributed by atoms with E-state index in [0.717, 1.165) is 14.5 Å². The molecule has 1 N–H and O–H groups in total. The van der Waals surface area contributed by atoms with Crippen LogP contribution < -0.4 is 5.43 Å². The first kappa shape index (κ1) is 13.9. The molecule has 3 nitrogen and oxygen atoms in total. The van der Waals surface area contributed by atoms with Gasteiger partial charge in [0.25, 0.3) is 0 Å². The summed E-state index contributed by atoms with van der Waals surface area (Å²) in [5, 5.41) is 10.9. The lowest BCUT2D eigenvalue weighted by molar-refractivity contribution is 0.466. The van der Waals surface area contributed by atoms with Crippen molar-refractivity contribution < 1.29 is 9.52 Å². The van der Waals surface area contributed by atoms with E-state index >= 15 is 0 Å². The number of phenolic OH excluding ortho intramolecular Hbond substituents is 1. The zero-order valence-corrected chi connectivity index (χ0v) is 15.7. The van der Waals surface area contributed by atoms with Gasteiger partial charge < -0.3 is 9.52 Å². The Labute approximate surface area is 149 Å². The summed E-state index contributed by atoms with van der Waals surface area (Å²) in [5.74, 6) is 0.782. The zero-order valence-electron chi connectivity index (χ0n) is 9.21. The quantitative estimate of drug-likeness (QED) is 0.312. The first-order valence-corrected chi connectivity index (χ1v) is 8.45. The maximum atomic E-state index is 11.7. The monoisotopic (exact) mass is 590 g/mol. The number of hydrogen-bond donors (Lipinski definition) is 1. The summed E-state index contributed by atoms with van der Waals surface area (Å²) in [6.45, 7) is 0. The largest absolute Gasteiger partial charge is 0.506 e. The molecule has 1 heterocycles. The van der Waals surface area contributed by atoms with Crippen molar-refractivity contribution in [3.63, 3.8) is 0 Å². The Hall–Kier alpha value is -0.100. The highest BCUT2D eigenvalue weighted by atomic mass is 127. The summed E-state index contributed by atoms with van der Waals surface area (Å²) in [6.07, 6.45) is 0. The molecule has 0 fully saturated rings. The molecule has 96 valence electrons. The molecule has 0 atom stereocenters. The Balaban J connectivity index is 2.54. The van der Waals surface area contributed by atoms with Crippen LogP contribution in [0.3, 0.4) is 0 Å². The molecule has 0 saturated carbocycles. The van der Waals surface area contributed by atoms with E-state index in [2.05, 4.69) is 45.2 Å². The molecule has 6 heteroatoms. The van der Waals surface area contributed by atoms with Gasteiger partial charge in [-0.25, -0.2) is 0 Å². The maximum absolute atomic E-state index is 11.7. The Kier molecular flexibility index (Phi) is 3.67. The van der Waals surface area contributed by atoms with E-state index in [-0.39, 0.29) is 11.2 Å². The lowest BCUT2D eigenvalue weighted by atomic mass is 10.1. The van der Waals surface area contributed by atoms with Crippen molar-refractivity contribution in [2.24, 2.45) is 0 Å². The number of halogens is 3. The average Bonchev–Trinajstić information content (AvgIpc) is 2.39. The number of benzene rings is 2. The summed E-state index contributed by atoms with van der Waals surface area (Å²) >= 11 is 6.13. The average molecular weight is 590 g/mol. The Morgan fingerprint density at radius 2 is 1.79 bits per heavy atom. The van der Waals surface area contributed by atoms with Gasteiger partial charge in [0.2, 0.25) is 0 Å². The van der Waals surface area contributed by atoms with Crippen LogP contribution >= 0.6 is 67.8 Å². The second-order valence-electron chi connectivity index (χ2n) is 3.98. The van der Waals surface area contributed by atoms with Crippen LogP contribution in [0.1, 0.15) is 0 Å². The number of phenols is 1. The fourth-order valence-electron chi connectivity index (χ4n) is 1.86. The molecular formula is C13H5I3O3. The third kappa shape index (κ3) is 2.24. The molecule has 1 aromatic carbocycles. The first-order chi connectivity index (χ1) is 8.99. The second-order valence-corrected chi connectivity index (χ2v) is 7.30. The predicted molar refractivity (Wildman–Crippen MR) is 98.9 cm³/mol. The minimum atomic E-state index is -0.0547. The van der Waals surface area contributed by atoms with Crippen LogP contribution in [0.4, 0.5) is 0 Å². The van der Waals surface area contributed by atoms with Crippen molar-refractivity contribution in [1.82, 2.24) is 0 Å². The van der Waals surface area contributed by atoms with Gasteiger partial charge in [0.15, 0.2) is 16.8 Å². The number of rotatable bonds is 0. The van der Waals surface area contributed by atoms with Gasteiger partial charge in [-0.15, -0.1) is 0 Å². The Morgan fingerprint density at radius 1 is 1.05 bits per heavy atom. The fraction of sp³-hybridized carbons (Fsp3) is 0. The molecular weight excluding hydrogens is 585 g/mol. The van der Waals surface area contributed by atoms with Crippen molar-refractivity contribution in [2.45, 2.75) is 0 Å². The van der Waals surface area contributed by atoms with Crippen LogP contribution in [-0.4, -0.2) is 5.11 Å². The normalized spacial score (nSPS) is 11.3. The van der Waals surface area contributed by atoms with Crippen LogP contribution in [0.15, 0.2) is 33.5 Å². The lowest BCUT2D eigenvalue weighted by Crippen LogP contribution is -2.05. The Bertz CT molecular complexity index is 839. The van der Waals surface area contributed by atoms with Crippen molar-refractivity contribution in [3.8, 4) is 17.1 Å². The van der Waals surface area contributed by atoms with Gasteiger partial charge in [-0.2, -0.15) is 0 Å². The molecule has 0 unspecified atom stereocenters. The summed E-state index contributed by atoms with van der Waals surface area (Å²) in [5.41, 5.74) is 1.43. The predicted octanol–water partition coefficient (Wildman–Crippen LogP) is 4.42. The van der Waals surface area contributed by atoms with E-state index in [1.54, 1.807) is 12.1 Å². The number of fused-ring (bicyclic) bond motifs is 2. The van der Waals surface area contributed by atoms with Gasteiger partial charge in [-0.05, 0) is 92.0 Å². The highest BCUT2D eigenvalue weighted by Gasteiger charge is 2.17. The SMILES string of the molecule is O=c1ccc2cc3cc(I)c(O)c(I)c3oc-2c1I. The standard InChI is InChI=1S/C13H5I3O3/c14-7-4-6-3-5-1-2-8(17)9(15)12(5)19-13(6)10(16)11(7)18/h1-4,18H. The second kappa shape index (κ2) is 5.02. The molecule has 3 rings (SSSR count). The Morgan fingerprint density at radius 3 is 2.53 bits per heavy atom. The van der Waals surface area contributed by atoms with E-state index < -0.39 is 0 Å². The summed E-state index contributed by atoms with van der Waals surface area (Å²) in [4.78, 5) is 11.7. The van der Waals surface area contributed by atoms with Gasteiger partial charge in [-0.3, -0.25) is 4.79 Å². The third-order valence-electron chi connectivity index (χ3n) is 2.79.